The first-order chi connectivity index (χ1) is 9.49. The molecule has 0 aliphatic carbocycles. The summed E-state index contributed by atoms with van der Waals surface area (Å²) >= 11 is -3.24. The van der Waals surface area contributed by atoms with Gasteiger partial charge in [-0.3, -0.25) is 0 Å². The van der Waals surface area contributed by atoms with E-state index in [2.05, 4.69) is 53.1 Å². The zero-order chi connectivity index (χ0) is 16.5. The molecule has 0 bridgehead atoms. The number of rotatable bonds is 10. The molecule has 0 heterocycles. The summed E-state index contributed by atoms with van der Waals surface area (Å²) in [6, 6.07) is 0. The van der Waals surface area contributed by atoms with E-state index in [4.69, 9.17) is 20.8 Å². The Morgan fingerprint density at radius 1 is 1.00 bits per heavy atom. The van der Waals surface area contributed by atoms with Crippen molar-refractivity contribution in [2.45, 2.75) is 60.0 Å². The van der Waals surface area contributed by atoms with Crippen LogP contribution in [0, 0.1) is 0 Å². The third-order valence-corrected chi connectivity index (χ3v) is 10.7. The molecule has 0 aromatic heterocycles. The fraction of sp³-hybridized carbons (Fsp3) is 0.800. The van der Waals surface area contributed by atoms with E-state index >= 15 is 0 Å². The summed E-state index contributed by atoms with van der Waals surface area (Å²) in [6.45, 7) is 6.12. The standard InChI is InChI=1S/C15H32As2N2S2/c1-14(18-11-7-9-16(3,4)20)13-15(2)19-12-8-10-17(5,6)21/h13,18H,7-12H2,1-6H3/b14-13-,19-15?. The summed E-state index contributed by atoms with van der Waals surface area (Å²) in [5, 5.41) is 5.91. The van der Waals surface area contributed by atoms with Crippen LogP contribution < -0.4 is 5.32 Å². The fourth-order valence-corrected chi connectivity index (χ4v) is 7.03. The molecule has 0 radical (unpaired) electrons. The van der Waals surface area contributed by atoms with Gasteiger partial charge in [-0.2, -0.15) is 0 Å². The van der Waals surface area contributed by atoms with Crippen molar-refractivity contribution < 1.29 is 0 Å². The molecular formula is C15H32As2N2S2. The third kappa shape index (κ3) is 17.0. The molecule has 0 unspecified atom stereocenters. The van der Waals surface area contributed by atoms with Crippen molar-refractivity contribution in [3.05, 3.63) is 11.8 Å². The summed E-state index contributed by atoms with van der Waals surface area (Å²) in [6.07, 6.45) is 4.46. The predicted molar refractivity (Wildman–Crippen MR) is 109 cm³/mol. The molecule has 0 saturated carbocycles. The SMILES string of the molecule is CC(/C=C(/C)NCCC[As](C)(C)=S)=NCCC[As](C)(C)=S. The van der Waals surface area contributed by atoms with Gasteiger partial charge in [0.2, 0.25) is 0 Å². The monoisotopic (exact) mass is 454 g/mol. The molecule has 2 nitrogen and oxygen atoms in total. The van der Waals surface area contributed by atoms with Crippen LogP contribution in [-0.4, -0.2) is 42.6 Å². The van der Waals surface area contributed by atoms with Crippen molar-refractivity contribution in [1.82, 2.24) is 5.32 Å². The Balaban J connectivity index is 4.01. The second-order valence-corrected chi connectivity index (χ2v) is 31.9. The normalized spacial score (nSPS) is 14.4. The molecule has 124 valence electrons. The zero-order valence-electron chi connectivity index (χ0n) is 14.5. The number of nitrogens with zero attached hydrogens (tertiary/aromatic N) is 1. The molecule has 0 amide bonds. The van der Waals surface area contributed by atoms with Gasteiger partial charge in [-0.1, -0.05) is 0 Å². The van der Waals surface area contributed by atoms with Gasteiger partial charge in [0.05, 0.1) is 0 Å². The van der Waals surface area contributed by atoms with E-state index in [-0.39, 0.29) is 0 Å². The number of hydrogen-bond acceptors (Lipinski definition) is 4. The first kappa shape index (κ1) is 21.8. The predicted octanol–water partition coefficient (Wildman–Crippen LogP) is 5.53. The molecule has 6 heteroatoms. The van der Waals surface area contributed by atoms with Crippen LogP contribution in [0.4, 0.5) is 0 Å². The van der Waals surface area contributed by atoms with Gasteiger partial charge in [-0.25, -0.2) is 0 Å². The Bertz CT molecular complexity index is 458. The molecule has 0 spiro atoms. The molecule has 0 aliphatic heterocycles. The van der Waals surface area contributed by atoms with Crippen molar-refractivity contribution in [2.24, 2.45) is 4.99 Å². The van der Waals surface area contributed by atoms with E-state index in [0.717, 1.165) is 25.2 Å². The second-order valence-electron chi connectivity index (χ2n) is 6.58. The Kier molecular flexibility index (Phi) is 10.9. The topological polar surface area (TPSA) is 24.4 Å². The molecule has 0 aromatic rings. The van der Waals surface area contributed by atoms with Gasteiger partial charge in [-0.15, -0.1) is 0 Å². The first-order valence-electron chi connectivity index (χ1n) is 7.51. The van der Waals surface area contributed by atoms with Crippen molar-refractivity contribution in [1.29, 1.82) is 0 Å². The second kappa shape index (κ2) is 10.5. The van der Waals surface area contributed by atoms with Gasteiger partial charge in [0.25, 0.3) is 0 Å². The van der Waals surface area contributed by atoms with E-state index in [1.54, 1.807) is 0 Å². The number of aliphatic imine (C=N–C) groups is 1. The van der Waals surface area contributed by atoms with E-state index in [1.165, 1.54) is 22.5 Å². The van der Waals surface area contributed by atoms with Gasteiger partial charge in [0.15, 0.2) is 0 Å². The Morgan fingerprint density at radius 2 is 1.52 bits per heavy atom. The van der Waals surface area contributed by atoms with Crippen LogP contribution in [0.5, 0.6) is 0 Å². The number of nitrogens with one attached hydrogen (secondary N) is 1. The van der Waals surface area contributed by atoms with Gasteiger partial charge in [-0.05, 0) is 0 Å². The van der Waals surface area contributed by atoms with Crippen molar-refractivity contribution in [3.8, 4) is 0 Å². The van der Waals surface area contributed by atoms with E-state index < -0.39 is 23.8 Å². The summed E-state index contributed by atoms with van der Waals surface area (Å²) in [5.74, 6) is 0. The summed E-state index contributed by atoms with van der Waals surface area (Å²) in [7, 11) is 11.0. The molecule has 0 aromatic carbocycles. The molecule has 21 heavy (non-hydrogen) atoms. The first-order valence-corrected chi connectivity index (χ1v) is 23.0. The maximum atomic E-state index is 5.53. The average Bonchev–Trinajstić information content (AvgIpc) is 2.28. The molecule has 0 saturated heterocycles. The summed E-state index contributed by atoms with van der Waals surface area (Å²) in [5.41, 5.74) is 11.4. The molecule has 0 atom stereocenters. The molecule has 0 rings (SSSR count). The Morgan fingerprint density at radius 3 is 2.05 bits per heavy atom. The van der Waals surface area contributed by atoms with Gasteiger partial charge < -0.3 is 0 Å². The van der Waals surface area contributed by atoms with Crippen LogP contribution in [0.15, 0.2) is 16.8 Å². The quantitative estimate of drug-likeness (QED) is 0.267. The number of hydrogen-bond donors (Lipinski definition) is 1. The van der Waals surface area contributed by atoms with E-state index in [1.807, 2.05) is 0 Å². The van der Waals surface area contributed by atoms with Gasteiger partial charge in [0, 0.05) is 0 Å². The van der Waals surface area contributed by atoms with Crippen molar-refractivity contribution in [2.75, 3.05) is 13.1 Å². The fourth-order valence-electron chi connectivity index (χ4n) is 1.86. The van der Waals surface area contributed by atoms with Gasteiger partial charge >= 0.3 is 145 Å². The Hall–Kier alpha value is 0.767. The maximum absolute atomic E-state index is 5.53. The van der Waals surface area contributed by atoms with E-state index in [9.17, 15) is 0 Å². The average molecular weight is 454 g/mol. The van der Waals surface area contributed by atoms with Gasteiger partial charge in [0.1, 0.15) is 0 Å². The Labute approximate surface area is 144 Å². The van der Waals surface area contributed by atoms with E-state index in [0.29, 0.717) is 0 Å². The minimum absolute atomic E-state index is 0.911. The minimum atomic E-state index is -1.63. The zero-order valence-corrected chi connectivity index (χ0v) is 19.9. The number of allylic oxidation sites excluding steroid dienone is 2. The molecule has 0 fully saturated rings. The summed E-state index contributed by atoms with van der Waals surface area (Å²) < 4.78 is 0. The summed E-state index contributed by atoms with van der Waals surface area (Å²) in [4.78, 5) is 4.61. The van der Waals surface area contributed by atoms with Crippen molar-refractivity contribution >= 4 is 50.3 Å². The van der Waals surface area contributed by atoms with Crippen LogP contribution in [0.1, 0.15) is 26.7 Å². The molecule has 1 N–H and O–H groups in total. The molecule has 0 aliphatic rings. The van der Waals surface area contributed by atoms with Crippen LogP contribution >= 0.6 is 20.8 Å². The third-order valence-electron chi connectivity index (χ3n) is 2.92. The van der Waals surface area contributed by atoms with Crippen LogP contribution in [0.25, 0.3) is 0 Å². The molecular weight excluding hydrogens is 422 g/mol. The van der Waals surface area contributed by atoms with Crippen LogP contribution in [0.2, 0.25) is 33.3 Å². The van der Waals surface area contributed by atoms with Crippen molar-refractivity contribution in [3.63, 3.8) is 0 Å². The van der Waals surface area contributed by atoms with Crippen LogP contribution in [-0.2, 0) is 0 Å². The van der Waals surface area contributed by atoms with Crippen LogP contribution in [0.3, 0.4) is 0 Å².